The summed E-state index contributed by atoms with van der Waals surface area (Å²) in [5.41, 5.74) is 2.64. The molecule has 0 unspecified atom stereocenters. The van der Waals surface area contributed by atoms with Crippen LogP contribution in [0.2, 0.25) is 0 Å². The van der Waals surface area contributed by atoms with Gasteiger partial charge in [0, 0.05) is 24.0 Å². The maximum Gasteiger partial charge on any atom is 0.255 e. The first kappa shape index (κ1) is 29.2. The highest BCUT2D eigenvalue weighted by atomic mass is 32.2. The number of hydrogen-bond acceptors (Lipinski definition) is 4. The maximum atomic E-state index is 12.7. The molecule has 5 heteroatoms. The molecule has 37 heavy (non-hydrogen) atoms. The van der Waals surface area contributed by atoms with Crippen LogP contribution in [-0.4, -0.2) is 23.3 Å². The summed E-state index contributed by atoms with van der Waals surface area (Å²) in [7, 11) is 0. The number of benzene rings is 2. The molecule has 4 nitrogen and oxygen atoms in total. The molecule has 0 atom stereocenters. The van der Waals surface area contributed by atoms with Crippen molar-refractivity contribution in [2.24, 2.45) is 0 Å². The normalized spacial score (nSPS) is 13.0. The number of amides is 1. The molecule has 1 aliphatic heterocycles. The zero-order valence-corrected chi connectivity index (χ0v) is 23.8. The molecule has 1 amide bonds. The fourth-order valence-corrected chi connectivity index (χ4v) is 5.39. The van der Waals surface area contributed by atoms with Gasteiger partial charge in [0.2, 0.25) is 0 Å². The van der Waals surface area contributed by atoms with Crippen LogP contribution in [0.1, 0.15) is 107 Å². The molecule has 1 heterocycles. The lowest BCUT2D eigenvalue weighted by Crippen LogP contribution is -2.14. The molecule has 202 valence electrons. The van der Waals surface area contributed by atoms with E-state index in [0.717, 1.165) is 36.9 Å². The van der Waals surface area contributed by atoms with Gasteiger partial charge in [-0.15, -0.1) is 11.8 Å². The number of carbonyl (C=O) groups excluding carboxylic acids is 1. The van der Waals surface area contributed by atoms with E-state index < -0.39 is 0 Å². The van der Waals surface area contributed by atoms with Crippen LogP contribution in [-0.2, 0) is 6.54 Å². The molecule has 0 fully saturated rings. The fourth-order valence-electron chi connectivity index (χ4n) is 4.63. The van der Waals surface area contributed by atoms with Crippen molar-refractivity contribution in [3.8, 4) is 5.75 Å². The Bertz CT molecular complexity index is 958. The Labute approximate surface area is 229 Å². The van der Waals surface area contributed by atoms with Gasteiger partial charge in [0.25, 0.3) is 5.91 Å². The summed E-state index contributed by atoms with van der Waals surface area (Å²) in [4.78, 5) is 16.4. The minimum Gasteiger partial charge on any atom is -0.494 e. The van der Waals surface area contributed by atoms with E-state index in [1.807, 2.05) is 48.2 Å². The summed E-state index contributed by atoms with van der Waals surface area (Å²) in [6, 6.07) is 15.6. The third kappa shape index (κ3) is 11.7. The van der Waals surface area contributed by atoms with Gasteiger partial charge in [0.15, 0.2) is 0 Å². The van der Waals surface area contributed by atoms with Crippen LogP contribution in [0.3, 0.4) is 0 Å². The molecule has 0 radical (unpaired) electrons. The van der Waals surface area contributed by atoms with Crippen molar-refractivity contribution in [3.05, 3.63) is 70.8 Å². The number of nitrogens with one attached hydrogen (secondary N) is 1. The molecule has 0 spiro atoms. The van der Waals surface area contributed by atoms with Crippen molar-refractivity contribution in [1.29, 1.82) is 0 Å². The van der Waals surface area contributed by atoms with Crippen LogP contribution in [0.25, 0.3) is 0 Å². The Hall–Kier alpha value is -2.40. The first-order valence-corrected chi connectivity index (χ1v) is 15.3. The molecule has 0 saturated heterocycles. The van der Waals surface area contributed by atoms with E-state index in [4.69, 9.17) is 4.74 Å². The van der Waals surface area contributed by atoms with E-state index >= 15 is 0 Å². The van der Waals surface area contributed by atoms with E-state index in [1.165, 1.54) is 81.1 Å². The summed E-state index contributed by atoms with van der Waals surface area (Å²) in [6.45, 7) is 5.99. The standard InChI is InChI=1S/C32H46N2O2S/c1-3-4-5-6-7-8-9-10-11-12-13-14-22-36-31-20-18-29(19-21-31)32(35)33-30-17-15-16-28(23-30)25-34-24-27(2)37-26-34/h15-21,23-24H,3-14,22,25-26H2,1-2H3,(H,33,35). The largest absolute Gasteiger partial charge is 0.494 e. The van der Waals surface area contributed by atoms with Gasteiger partial charge in [-0.25, -0.2) is 0 Å². The number of carbonyl (C=O) groups is 1. The summed E-state index contributed by atoms with van der Waals surface area (Å²) in [5, 5.41) is 3.03. The van der Waals surface area contributed by atoms with Crippen molar-refractivity contribution < 1.29 is 9.53 Å². The minimum absolute atomic E-state index is 0.0999. The smallest absolute Gasteiger partial charge is 0.255 e. The Morgan fingerprint density at radius 3 is 2.16 bits per heavy atom. The number of allylic oxidation sites excluding steroid dienone is 1. The molecular weight excluding hydrogens is 476 g/mol. The lowest BCUT2D eigenvalue weighted by molar-refractivity contribution is 0.102. The van der Waals surface area contributed by atoms with Crippen molar-refractivity contribution in [2.75, 3.05) is 17.8 Å². The fraction of sp³-hybridized carbons (Fsp3) is 0.531. The Morgan fingerprint density at radius 1 is 0.892 bits per heavy atom. The number of anilines is 1. The monoisotopic (exact) mass is 522 g/mol. The third-order valence-electron chi connectivity index (χ3n) is 6.78. The molecule has 0 aromatic heterocycles. The van der Waals surface area contributed by atoms with Crippen LogP contribution in [0.4, 0.5) is 5.69 Å². The van der Waals surface area contributed by atoms with Gasteiger partial charge in [-0.05, 0) is 60.2 Å². The number of ether oxygens (including phenoxy) is 1. The average Bonchev–Trinajstić information content (AvgIpc) is 3.31. The highest BCUT2D eigenvalue weighted by Crippen LogP contribution is 2.26. The zero-order valence-electron chi connectivity index (χ0n) is 23.0. The Morgan fingerprint density at radius 2 is 1.54 bits per heavy atom. The second-order valence-corrected chi connectivity index (χ2v) is 11.4. The van der Waals surface area contributed by atoms with E-state index in [2.05, 4.69) is 42.4 Å². The van der Waals surface area contributed by atoms with Gasteiger partial charge in [0.05, 0.1) is 12.5 Å². The second kappa shape index (κ2) is 17.2. The van der Waals surface area contributed by atoms with Crippen molar-refractivity contribution in [1.82, 2.24) is 4.90 Å². The molecule has 3 rings (SSSR count). The Balaban J connectivity index is 1.27. The summed E-state index contributed by atoms with van der Waals surface area (Å²) >= 11 is 1.86. The third-order valence-corrected chi connectivity index (χ3v) is 7.80. The predicted octanol–water partition coefficient (Wildman–Crippen LogP) is 9.39. The summed E-state index contributed by atoms with van der Waals surface area (Å²) < 4.78 is 5.89. The number of nitrogens with zero attached hydrogens (tertiary/aromatic N) is 1. The first-order chi connectivity index (χ1) is 18.1. The lowest BCUT2D eigenvalue weighted by Gasteiger charge is -2.15. The summed E-state index contributed by atoms with van der Waals surface area (Å²) in [6.07, 6.45) is 18.3. The number of hydrogen-bond donors (Lipinski definition) is 1. The van der Waals surface area contributed by atoms with Crippen LogP contribution in [0.5, 0.6) is 5.75 Å². The van der Waals surface area contributed by atoms with Crippen molar-refractivity contribution in [3.63, 3.8) is 0 Å². The highest BCUT2D eigenvalue weighted by molar-refractivity contribution is 8.03. The van der Waals surface area contributed by atoms with Crippen molar-refractivity contribution >= 4 is 23.4 Å². The zero-order chi connectivity index (χ0) is 26.1. The predicted molar refractivity (Wildman–Crippen MR) is 159 cm³/mol. The lowest BCUT2D eigenvalue weighted by atomic mass is 10.1. The van der Waals surface area contributed by atoms with Crippen LogP contribution in [0, 0.1) is 0 Å². The van der Waals surface area contributed by atoms with Gasteiger partial charge in [0.1, 0.15) is 5.75 Å². The van der Waals surface area contributed by atoms with E-state index in [1.54, 1.807) is 0 Å². The van der Waals surface area contributed by atoms with E-state index in [9.17, 15) is 4.79 Å². The molecule has 1 N–H and O–H groups in total. The van der Waals surface area contributed by atoms with Gasteiger partial charge in [-0.3, -0.25) is 4.79 Å². The molecule has 0 aliphatic carbocycles. The molecule has 0 bridgehead atoms. The molecule has 0 saturated carbocycles. The number of unbranched alkanes of at least 4 members (excludes halogenated alkanes) is 11. The highest BCUT2D eigenvalue weighted by Gasteiger charge is 2.11. The van der Waals surface area contributed by atoms with Crippen LogP contribution < -0.4 is 10.1 Å². The summed E-state index contributed by atoms with van der Waals surface area (Å²) in [5.74, 6) is 1.71. The van der Waals surface area contributed by atoms with Gasteiger partial charge >= 0.3 is 0 Å². The van der Waals surface area contributed by atoms with Gasteiger partial charge in [-0.2, -0.15) is 0 Å². The molecule has 2 aromatic rings. The maximum absolute atomic E-state index is 12.7. The van der Waals surface area contributed by atoms with Crippen molar-refractivity contribution in [2.45, 2.75) is 97.4 Å². The van der Waals surface area contributed by atoms with E-state index in [0.29, 0.717) is 5.56 Å². The number of rotatable bonds is 18. The quantitative estimate of drug-likeness (QED) is 0.198. The first-order valence-electron chi connectivity index (χ1n) is 14.3. The van der Waals surface area contributed by atoms with Crippen LogP contribution >= 0.6 is 11.8 Å². The topological polar surface area (TPSA) is 41.6 Å². The molecular formula is C32H46N2O2S. The molecule has 1 aliphatic rings. The Kier molecular flexibility index (Phi) is 13.5. The number of thioether (sulfide) groups is 1. The van der Waals surface area contributed by atoms with Gasteiger partial charge in [-0.1, -0.05) is 89.7 Å². The SMILES string of the molecule is CCCCCCCCCCCCCCOc1ccc(C(=O)Nc2cccc(CN3C=C(C)SC3)c2)cc1. The van der Waals surface area contributed by atoms with Crippen LogP contribution in [0.15, 0.2) is 59.6 Å². The minimum atomic E-state index is -0.0999. The molecule has 2 aromatic carbocycles. The van der Waals surface area contributed by atoms with E-state index in [-0.39, 0.29) is 5.91 Å². The second-order valence-electron chi connectivity index (χ2n) is 10.2. The van der Waals surface area contributed by atoms with Gasteiger partial charge < -0.3 is 15.0 Å². The average molecular weight is 523 g/mol.